The van der Waals surface area contributed by atoms with Crippen molar-refractivity contribution >= 4 is 29.5 Å². The Kier molecular flexibility index (Phi) is 8.04. The van der Waals surface area contributed by atoms with E-state index in [2.05, 4.69) is 6.07 Å². The Hall–Kier alpha value is -2.71. The lowest BCUT2D eigenvalue weighted by atomic mass is 10.1. The summed E-state index contributed by atoms with van der Waals surface area (Å²) >= 11 is 1.52. The van der Waals surface area contributed by atoms with Crippen molar-refractivity contribution in [1.29, 1.82) is 0 Å². The number of thioether (sulfide) groups is 1. The van der Waals surface area contributed by atoms with Crippen molar-refractivity contribution < 1.29 is 23.8 Å². The third-order valence-electron chi connectivity index (χ3n) is 5.14. The third-order valence-corrected chi connectivity index (χ3v) is 6.50. The number of rotatable bonds is 7. The van der Waals surface area contributed by atoms with Gasteiger partial charge >= 0.3 is 6.16 Å². The summed E-state index contributed by atoms with van der Waals surface area (Å²) in [7, 11) is 5.52. The number of anilines is 1. The van der Waals surface area contributed by atoms with Crippen LogP contribution in [0.25, 0.3) is 0 Å². The molecule has 1 amide bonds. The molecule has 32 heavy (non-hydrogen) atoms. The number of amides is 1. The highest BCUT2D eigenvalue weighted by Gasteiger charge is 2.41. The Morgan fingerprint density at radius 3 is 2.50 bits per heavy atom. The number of fused-ring (bicyclic) bond motifs is 1. The van der Waals surface area contributed by atoms with Gasteiger partial charge < -0.3 is 24.0 Å². The first-order valence-corrected chi connectivity index (χ1v) is 11.4. The van der Waals surface area contributed by atoms with Crippen molar-refractivity contribution in [3.05, 3.63) is 53.6 Å². The number of hydrogen-bond acceptors (Lipinski definition) is 7. The minimum absolute atomic E-state index is 0.170. The van der Waals surface area contributed by atoms with Crippen LogP contribution in [-0.4, -0.2) is 64.0 Å². The van der Waals surface area contributed by atoms with Crippen LogP contribution in [0.1, 0.15) is 23.3 Å². The molecule has 0 unspecified atom stereocenters. The Labute approximate surface area is 193 Å². The number of carbonyl (C=O) groups excluding carboxylic acids is 2. The number of likely N-dealkylation sites (N-methyl/N-ethyl adjacent to an activating group) is 1. The first-order valence-electron chi connectivity index (χ1n) is 10.5. The van der Waals surface area contributed by atoms with Gasteiger partial charge in [0.25, 0.3) is 5.91 Å². The second-order valence-electron chi connectivity index (χ2n) is 7.80. The Morgan fingerprint density at radius 1 is 1.16 bits per heavy atom. The highest BCUT2D eigenvalue weighted by molar-refractivity contribution is 7.99. The smallest absolute Gasteiger partial charge is 0.497 e. The summed E-state index contributed by atoms with van der Waals surface area (Å²) in [6.45, 7) is 5.04. The first-order chi connectivity index (χ1) is 15.3. The molecule has 0 aliphatic carbocycles. The fourth-order valence-electron chi connectivity index (χ4n) is 3.47. The fourth-order valence-corrected chi connectivity index (χ4v) is 4.89. The summed E-state index contributed by atoms with van der Waals surface area (Å²) in [5.41, 5.74) is 2.77. The Morgan fingerprint density at radius 2 is 1.88 bits per heavy atom. The molecule has 0 fully saturated rings. The fraction of sp³-hybridized carbons (Fsp3) is 0.417. The average Bonchev–Trinajstić information content (AvgIpc) is 2.87. The zero-order chi connectivity index (χ0) is 23.3. The van der Waals surface area contributed by atoms with Crippen LogP contribution in [0, 0.1) is 6.92 Å². The summed E-state index contributed by atoms with van der Waals surface area (Å²) in [6, 6.07) is 13.5. The molecule has 2 aromatic rings. The number of methoxy groups -OCH3 is 1. The lowest BCUT2D eigenvalue weighted by molar-refractivity contribution is -0.128. The molecule has 0 bridgehead atoms. The minimum atomic E-state index is -1.04. The van der Waals surface area contributed by atoms with Gasteiger partial charge in [0.05, 0.1) is 24.7 Å². The van der Waals surface area contributed by atoms with Gasteiger partial charge in [-0.25, -0.2) is 4.79 Å². The number of ether oxygens (including phenoxy) is 3. The van der Waals surface area contributed by atoms with E-state index >= 15 is 0 Å². The second-order valence-corrected chi connectivity index (χ2v) is 8.98. The molecule has 0 saturated heterocycles. The van der Waals surface area contributed by atoms with Gasteiger partial charge in [-0.3, -0.25) is 4.79 Å². The normalized spacial score (nSPS) is 18.2. The van der Waals surface area contributed by atoms with E-state index in [1.807, 2.05) is 62.3 Å². The maximum Gasteiger partial charge on any atom is 0.509 e. The number of benzene rings is 2. The number of carbonyl (C=O) groups is 2. The zero-order valence-electron chi connectivity index (χ0n) is 19.2. The molecular formula is C24H30N2O5S. The summed E-state index contributed by atoms with van der Waals surface area (Å²) in [5.74, 6) is 0.446. The van der Waals surface area contributed by atoms with Crippen LogP contribution in [-0.2, 0) is 14.3 Å². The Bertz CT molecular complexity index is 948. The first kappa shape index (κ1) is 23.9. The van der Waals surface area contributed by atoms with Gasteiger partial charge in [0.1, 0.15) is 5.75 Å². The molecule has 0 aromatic heterocycles. The van der Waals surface area contributed by atoms with Crippen molar-refractivity contribution in [2.24, 2.45) is 0 Å². The largest absolute Gasteiger partial charge is 0.509 e. The Balaban J connectivity index is 2.08. The molecule has 2 atom stereocenters. The highest BCUT2D eigenvalue weighted by Crippen LogP contribution is 2.47. The van der Waals surface area contributed by atoms with Crippen LogP contribution in [0.3, 0.4) is 0 Å². The van der Waals surface area contributed by atoms with E-state index in [-0.39, 0.29) is 12.5 Å². The van der Waals surface area contributed by atoms with E-state index in [0.717, 1.165) is 21.7 Å². The van der Waals surface area contributed by atoms with Gasteiger partial charge in [0, 0.05) is 18.0 Å². The van der Waals surface area contributed by atoms with E-state index in [9.17, 15) is 9.59 Å². The average molecular weight is 459 g/mol. The maximum absolute atomic E-state index is 13.8. The summed E-state index contributed by atoms with van der Waals surface area (Å²) in [5, 5.41) is -0.442. The van der Waals surface area contributed by atoms with Crippen LogP contribution in [0.4, 0.5) is 10.5 Å². The molecule has 1 aliphatic heterocycles. The van der Waals surface area contributed by atoms with Crippen molar-refractivity contribution in [1.82, 2.24) is 4.90 Å². The van der Waals surface area contributed by atoms with Gasteiger partial charge in [0.2, 0.25) is 6.10 Å². The number of nitrogens with zero attached hydrogens (tertiary/aromatic N) is 2. The second kappa shape index (κ2) is 10.7. The van der Waals surface area contributed by atoms with Crippen molar-refractivity contribution in [3.8, 4) is 5.75 Å². The molecule has 0 N–H and O–H groups in total. The molecule has 172 valence electrons. The molecule has 0 saturated carbocycles. The monoisotopic (exact) mass is 458 g/mol. The van der Waals surface area contributed by atoms with E-state index in [0.29, 0.717) is 18.8 Å². The quantitative estimate of drug-likeness (QED) is 0.574. The van der Waals surface area contributed by atoms with Crippen LogP contribution >= 0.6 is 11.8 Å². The molecule has 0 spiro atoms. The van der Waals surface area contributed by atoms with Crippen LogP contribution < -0.4 is 9.64 Å². The molecule has 0 radical (unpaired) electrons. The van der Waals surface area contributed by atoms with Crippen LogP contribution in [0.2, 0.25) is 0 Å². The number of aryl methyl sites for hydroxylation is 1. The SMILES string of the molecule is CCOC(=O)O[C@@H]1C(=O)N(CCN(C)C)c2ccc(C)cc2S[C@@H]1c1ccc(OC)cc1. The van der Waals surface area contributed by atoms with Crippen LogP contribution in [0.15, 0.2) is 47.4 Å². The van der Waals surface area contributed by atoms with Crippen molar-refractivity contribution in [3.63, 3.8) is 0 Å². The molecule has 1 aliphatic rings. The molecule has 1 heterocycles. The summed E-state index contributed by atoms with van der Waals surface area (Å²) in [6.07, 6.45) is -1.89. The highest BCUT2D eigenvalue weighted by atomic mass is 32.2. The van der Waals surface area contributed by atoms with Crippen molar-refractivity contribution in [2.45, 2.75) is 30.1 Å². The summed E-state index contributed by atoms with van der Waals surface area (Å²) in [4.78, 5) is 30.8. The predicted octanol–water partition coefficient (Wildman–Crippen LogP) is 4.29. The topological polar surface area (TPSA) is 68.3 Å². The van der Waals surface area contributed by atoms with Gasteiger partial charge in [-0.15, -0.1) is 11.8 Å². The summed E-state index contributed by atoms with van der Waals surface area (Å²) < 4.78 is 15.9. The van der Waals surface area contributed by atoms with Crippen molar-refractivity contribution in [2.75, 3.05) is 45.8 Å². The van der Waals surface area contributed by atoms with Crippen LogP contribution in [0.5, 0.6) is 5.75 Å². The van der Waals surface area contributed by atoms with E-state index in [4.69, 9.17) is 14.2 Å². The molecule has 3 rings (SSSR count). The predicted molar refractivity (Wildman–Crippen MR) is 126 cm³/mol. The lowest BCUT2D eigenvalue weighted by Gasteiger charge is -2.28. The van der Waals surface area contributed by atoms with E-state index in [1.54, 1.807) is 18.9 Å². The lowest BCUT2D eigenvalue weighted by Crippen LogP contribution is -2.45. The van der Waals surface area contributed by atoms with Gasteiger partial charge in [-0.05, 0) is 63.3 Å². The molecule has 8 heteroatoms. The van der Waals surface area contributed by atoms with Gasteiger partial charge in [-0.2, -0.15) is 0 Å². The molecular weight excluding hydrogens is 428 g/mol. The third kappa shape index (κ3) is 5.55. The van der Waals surface area contributed by atoms with Gasteiger partial charge in [-0.1, -0.05) is 18.2 Å². The minimum Gasteiger partial charge on any atom is -0.497 e. The van der Waals surface area contributed by atoms with E-state index < -0.39 is 17.5 Å². The zero-order valence-corrected chi connectivity index (χ0v) is 20.0. The van der Waals surface area contributed by atoms with E-state index in [1.165, 1.54) is 11.8 Å². The maximum atomic E-state index is 13.8. The molecule has 2 aromatic carbocycles. The van der Waals surface area contributed by atoms with Gasteiger partial charge in [0.15, 0.2) is 0 Å². The number of hydrogen-bond donors (Lipinski definition) is 0. The standard InChI is InChI=1S/C24H30N2O5S/c1-6-30-24(28)31-21-22(17-8-10-18(29-5)11-9-17)32-20-15-16(2)7-12-19(20)26(23(21)27)14-13-25(3)4/h7-12,15,21-22H,6,13-14H2,1-5H3/t21-,22+/m0/s1. The molecule has 7 nitrogen and oxygen atoms in total.